The van der Waals surface area contributed by atoms with Gasteiger partial charge in [-0.05, 0) is 31.5 Å². The summed E-state index contributed by atoms with van der Waals surface area (Å²) in [5, 5.41) is 0. The van der Waals surface area contributed by atoms with Gasteiger partial charge in [0.15, 0.2) is 0 Å². The molecular formula is C10H8F2. The van der Waals surface area contributed by atoms with Crippen LogP contribution in [0.2, 0.25) is 0 Å². The monoisotopic (exact) mass is 166 g/mol. The van der Waals surface area contributed by atoms with E-state index < -0.39 is 11.6 Å². The van der Waals surface area contributed by atoms with Crippen molar-refractivity contribution in [1.82, 2.24) is 0 Å². The predicted octanol–water partition coefficient (Wildman–Crippen LogP) is 2.64. The molecule has 0 unspecified atom stereocenters. The highest BCUT2D eigenvalue weighted by Gasteiger charge is 2.06. The van der Waals surface area contributed by atoms with Crippen molar-refractivity contribution in [2.45, 2.75) is 13.8 Å². The lowest BCUT2D eigenvalue weighted by molar-refractivity contribution is 0.575. The van der Waals surface area contributed by atoms with E-state index in [0.717, 1.165) is 0 Å². The maximum atomic E-state index is 13.0. The summed E-state index contributed by atoms with van der Waals surface area (Å²) in [6.45, 7) is 3.17. The molecule has 2 heteroatoms. The molecule has 0 fully saturated rings. The van der Waals surface area contributed by atoms with Crippen molar-refractivity contribution in [3.8, 4) is 11.8 Å². The number of benzene rings is 1. The Morgan fingerprint density at radius 3 is 2.08 bits per heavy atom. The molecule has 0 aliphatic carbocycles. The Morgan fingerprint density at radius 1 is 1.17 bits per heavy atom. The second-order valence-corrected chi connectivity index (χ2v) is 2.48. The minimum absolute atomic E-state index is 0.150. The molecule has 62 valence electrons. The largest absolute Gasteiger partial charge is 0.206 e. The van der Waals surface area contributed by atoms with Crippen LogP contribution in [0.25, 0.3) is 0 Å². The standard InChI is InChI=1S/C10H8F2/c1-3-4-8-9(11)5-7(2)6-10(8)12/h5-6H,1-2H3. The van der Waals surface area contributed by atoms with Crippen molar-refractivity contribution in [2.24, 2.45) is 0 Å². The zero-order chi connectivity index (χ0) is 9.14. The van der Waals surface area contributed by atoms with Gasteiger partial charge in [-0.1, -0.05) is 5.92 Å². The van der Waals surface area contributed by atoms with Gasteiger partial charge >= 0.3 is 0 Å². The van der Waals surface area contributed by atoms with Crippen LogP contribution in [0.5, 0.6) is 0 Å². The van der Waals surface area contributed by atoms with Gasteiger partial charge in [0.25, 0.3) is 0 Å². The molecule has 1 aromatic carbocycles. The molecule has 0 aliphatic heterocycles. The first-order valence-corrected chi connectivity index (χ1v) is 3.53. The molecule has 0 spiro atoms. The third-order valence-corrected chi connectivity index (χ3v) is 1.44. The maximum Gasteiger partial charge on any atom is 0.142 e. The number of hydrogen-bond donors (Lipinski definition) is 0. The normalized spacial score (nSPS) is 9.00. The molecule has 0 nitrogen and oxygen atoms in total. The molecule has 1 aromatic rings. The molecule has 0 saturated carbocycles. The maximum absolute atomic E-state index is 13.0. The Kier molecular flexibility index (Phi) is 2.44. The average molecular weight is 166 g/mol. The molecule has 0 bridgehead atoms. The Balaban J connectivity index is 3.34. The highest BCUT2D eigenvalue weighted by molar-refractivity contribution is 5.38. The van der Waals surface area contributed by atoms with Crippen LogP contribution in [-0.4, -0.2) is 0 Å². The van der Waals surface area contributed by atoms with E-state index in [9.17, 15) is 8.78 Å². The van der Waals surface area contributed by atoms with E-state index in [4.69, 9.17) is 0 Å². The minimum Gasteiger partial charge on any atom is -0.206 e. The first-order valence-electron chi connectivity index (χ1n) is 3.53. The lowest BCUT2D eigenvalue weighted by atomic mass is 10.1. The Labute approximate surface area is 70.2 Å². The highest BCUT2D eigenvalue weighted by atomic mass is 19.1. The fraction of sp³-hybridized carbons (Fsp3) is 0.200. The smallest absolute Gasteiger partial charge is 0.142 e. The summed E-state index contributed by atoms with van der Waals surface area (Å²) in [7, 11) is 0. The van der Waals surface area contributed by atoms with Crippen LogP contribution in [0.3, 0.4) is 0 Å². The number of rotatable bonds is 0. The van der Waals surface area contributed by atoms with Crippen LogP contribution < -0.4 is 0 Å². The summed E-state index contributed by atoms with van der Waals surface area (Å²) in [6.07, 6.45) is 0. The van der Waals surface area contributed by atoms with Gasteiger partial charge < -0.3 is 0 Å². The summed E-state index contributed by atoms with van der Waals surface area (Å²) in [4.78, 5) is 0. The van der Waals surface area contributed by atoms with Gasteiger partial charge in [0, 0.05) is 0 Å². The number of aryl methyl sites for hydroxylation is 1. The van der Waals surface area contributed by atoms with Gasteiger partial charge in [-0.15, -0.1) is 5.92 Å². The highest BCUT2D eigenvalue weighted by Crippen LogP contribution is 2.13. The summed E-state index contributed by atoms with van der Waals surface area (Å²) in [6, 6.07) is 2.53. The van der Waals surface area contributed by atoms with Crippen molar-refractivity contribution < 1.29 is 8.78 Å². The van der Waals surface area contributed by atoms with Crippen LogP contribution in [0, 0.1) is 30.4 Å². The van der Waals surface area contributed by atoms with Gasteiger partial charge in [-0.25, -0.2) is 8.78 Å². The van der Waals surface area contributed by atoms with E-state index in [0.29, 0.717) is 5.56 Å². The summed E-state index contributed by atoms with van der Waals surface area (Å²) >= 11 is 0. The molecule has 12 heavy (non-hydrogen) atoms. The molecule has 0 radical (unpaired) electrons. The molecule has 0 aliphatic rings. The van der Waals surface area contributed by atoms with Crippen molar-refractivity contribution in [2.75, 3.05) is 0 Å². The van der Waals surface area contributed by atoms with Gasteiger partial charge in [0.2, 0.25) is 0 Å². The fourth-order valence-electron chi connectivity index (χ4n) is 0.944. The van der Waals surface area contributed by atoms with Crippen LogP contribution in [0.1, 0.15) is 18.1 Å². The van der Waals surface area contributed by atoms with Crippen molar-refractivity contribution >= 4 is 0 Å². The molecule has 0 saturated heterocycles. The molecule has 1 rings (SSSR count). The molecule has 0 amide bonds. The summed E-state index contributed by atoms with van der Waals surface area (Å²) < 4.78 is 25.9. The fourth-order valence-corrected chi connectivity index (χ4v) is 0.944. The predicted molar refractivity (Wildman–Crippen MR) is 43.6 cm³/mol. The van der Waals surface area contributed by atoms with Gasteiger partial charge in [-0.2, -0.15) is 0 Å². The molecular weight excluding hydrogens is 158 g/mol. The van der Waals surface area contributed by atoms with E-state index in [2.05, 4.69) is 11.8 Å². The lowest BCUT2D eigenvalue weighted by Gasteiger charge is -1.98. The van der Waals surface area contributed by atoms with Gasteiger partial charge in [-0.3, -0.25) is 0 Å². The second-order valence-electron chi connectivity index (χ2n) is 2.48. The zero-order valence-corrected chi connectivity index (χ0v) is 6.91. The third-order valence-electron chi connectivity index (χ3n) is 1.44. The molecule has 0 N–H and O–H groups in total. The van der Waals surface area contributed by atoms with Crippen molar-refractivity contribution in [1.29, 1.82) is 0 Å². The SMILES string of the molecule is CC#Cc1c(F)cc(C)cc1F. The zero-order valence-electron chi connectivity index (χ0n) is 6.91. The second kappa shape index (κ2) is 3.36. The lowest BCUT2D eigenvalue weighted by Crippen LogP contribution is -1.91. The van der Waals surface area contributed by atoms with Crippen molar-refractivity contribution in [3.63, 3.8) is 0 Å². The average Bonchev–Trinajstić information content (AvgIpc) is 1.96. The van der Waals surface area contributed by atoms with Crippen LogP contribution in [0.4, 0.5) is 8.78 Å². The number of hydrogen-bond acceptors (Lipinski definition) is 0. The van der Waals surface area contributed by atoms with Gasteiger partial charge in [0.05, 0.1) is 5.56 Å². The topological polar surface area (TPSA) is 0 Å². The van der Waals surface area contributed by atoms with Crippen LogP contribution >= 0.6 is 0 Å². The third kappa shape index (κ3) is 1.62. The van der Waals surface area contributed by atoms with E-state index in [1.807, 2.05) is 0 Å². The summed E-state index contributed by atoms with van der Waals surface area (Å²) in [5.74, 6) is 3.64. The van der Waals surface area contributed by atoms with E-state index >= 15 is 0 Å². The Hall–Kier alpha value is -1.36. The Morgan fingerprint density at radius 2 is 1.67 bits per heavy atom. The first-order chi connectivity index (χ1) is 5.65. The van der Waals surface area contributed by atoms with E-state index in [1.165, 1.54) is 12.1 Å². The van der Waals surface area contributed by atoms with Crippen molar-refractivity contribution in [3.05, 3.63) is 34.9 Å². The first kappa shape index (κ1) is 8.73. The quantitative estimate of drug-likeness (QED) is 0.520. The minimum atomic E-state index is -0.596. The van der Waals surface area contributed by atoms with E-state index in [-0.39, 0.29) is 5.56 Å². The van der Waals surface area contributed by atoms with Crippen LogP contribution in [-0.2, 0) is 0 Å². The van der Waals surface area contributed by atoms with Crippen LogP contribution in [0.15, 0.2) is 12.1 Å². The summed E-state index contributed by atoms with van der Waals surface area (Å²) in [5.41, 5.74) is 0.412. The Bertz CT molecular complexity index is 333. The molecule has 0 atom stereocenters. The molecule has 0 heterocycles. The number of halogens is 2. The molecule has 0 aromatic heterocycles. The van der Waals surface area contributed by atoms with E-state index in [1.54, 1.807) is 13.8 Å². The van der Waals surface area contributed by atoms with Gasteiger partial charge in [0.1, 0.15) is 11.6 Å².